The van der Waals surface area contributed by atoms with Crippen LogP contribution >= 0.6 is 0 Å². The van der Waals surface area contributed by atoms with Crippen LogP contribution in [-0.2, 0) is 17.7 Å². The third kappa shape index (κ3) is 1.74. The minimum atomic E-state index is 0.0690. The monoisotopic (exact) mass is 222 g/mol. The first-order chi connectivity index (χ1) is 7.84. The van der Waals surface area contributed by atoms with E-state index in [9.17, 15) is 0 Å². The van der Waals surface area contributed by atoms with E-state index < -0.39 is 0 Å². The van der Waals surface area contributed by atoms with Crippen LogP contribution in [0.15, 0.2) is 0 Å². The number of hydrogen-bond acceptors (Lipinski definition) is 4. The largest absolute Gasteiger partial charge is 0.378 e. The number of nitrogens with two attached hydrogens (primary N) is 1. The second-order valence-corrected chi connectivity index (χ2v) is 4.71. The van der Waals surface area contributed by atoms with Gasteiger partial charge in [0.1, 0.15) is 11.6 Å². The lowest BCUT2D eigenvalue weighted by Gasteiger charge is -2.20. The first-order valence-corrected chi connectivity index (χ1v) is 6.14. The highest BCUT2D eigenvalue weighted by Gasteiger charge is 2.25. The molecule has 1 aromatic rings. The average molecular weight is 222 g/mol. The van der Waals surface area contributed by atoms with Crippen molar-refractivity contribution < 1.29 is 4.74 Å². The second kappa shape index (κ2) is 4.14. The van der Waals surface area contributed by atoms with Crippen molar-refractivity contribution in [3.63, 3.8) is 0 Å². The quantitative estimate of drug-likeness (QED) is 0.803. The second-order valence-electron chi connectivity index (χ2n) is 4.71. The Morgan fingerprint density at radius 2 is 2.25 bits per heavy atom. The summed E-state index contributed by atoms with van der Waals surface area (Å²) in [5.41, 5.74) is 6.01. The summed E-state index contributed by atoms with van der Waals surface area (Å²) < 4.78 is 7.82. The Labute approximate surface area is 95.0 Å². The fourth-order valence-electron chi connectivity index (χ4n) is 2.63. The van der Waals surface area contributed by atoms with Crippen LogP contribution in [0, 0.1) is 0 Å². The summed E-state index contributed by atoms with van der Waals surface area (Å²) in [7, 11) is 0. The van der Waals surface area contributed by atoms with E-state index in [0.29, 0.717) is 6.10 Å². The standard InChI is InChI=1S/C11H18N4O/c12-9-4-1-5-15-10(13-14-11(9)15)7-8-3-2-6-16-8/h8-9H,1-7,12H2. The molecule has 88 valence electrons. The number of hydrogen-bond donors (Lipinski definition) is 1. The number of rotatable bonds is 2. The molecule has 0 amide bonds. The fraction of sp³-hybridized carbons (Fsp3) is 0.818. The molecule has 1 aromatic heterocycles. The summed E-state index contributed by atoms with van der Waals surface area (Å²) in [6.45, 7) is 1.91. The van der Waals surface area contributed by atoms with Crippen LogP contribution in [0.3, 0.4) is 0 Å². The van der Waals surface area contributed by atoms with Gasteiger partial charge < -0.3 is 15.0 Å². The normalized spacial score (nSPS) is 29.3. The van der Waals surface area contributed by atoms with E-state index in [1.54, 1.807) is 0 Å². The number of nitrogens with zero attached hydrogens (tertiary/aromatic N) is 3. The molecule has 2 aliphatic rings. The molecule has 1 saturated heterocycles. The maximum absolute atomic E-state index is 6.01. The third-order valence-electron chi connectivity index (χ3n) is 3.52. The van der Waals surface area contributed by atoms with E-state index in [1.165, 1.54) is 6.42 Å². The first kappa shape index (κ1) is 10.2. The molecule has 5 heteroatoms. The molecule has 2 aliphatic heterocycles. The van der Waals surface area contributed by atoms with Crippen LogP contribution < -0.4 is 5.73 Å². The molecule has 0 aromatic carbocycles. The maximum Gasteiger partial charge on any atom is 0.149 e. The molecule has 1 fully saturated rings. The first-order valence-electron chi connectivity index (χ1n) is 6.14. The Morgan fingerprint density at radius 3 is 3.06 bits per heavy atom. The SMILES string of the molecule is NC1CCCn2c(CC3CCCO3)nnc21. The van der Waals surface area contributed by atoms with E-state index in [4.69, 9.17) is 10.5 Å². The van der Waals surface area contributed by atoms with Gasteiger partial charge in [0.15, 0.2) is 0 Å². The molecule has 3 heterocycles. The van der Waals surface area contributed by atoms with Crippen molar-refractivity contribution in [2.24, 2.45) is 5.73 Å². The zero-order valence-electron chi connectivity index (χ0n) is 9.43. The highest BCUT2D eigenvalue weighted by molar-refractivity contribution is 5.04. The maximum atomic E-state index is 6.01. The molecule has 16 heavy (non-hydrogen) atoms. The summed E-state index contributed by atoms with van der Waals surface area (Å²) in [6, 6.07) is 0.0690. The molecule has 0 aliphatic carbocycles. The Balaban J connectivity index is 1.79. The van der Waals surface area contributed by atoms with E-state index in [0.717, 1.165) is 50.5 Å². The zero-order chi connectivity index (χ0) is 11.0. The van der Waals surface area contributed by atoms with Gasteiger partial charge in [0.25, 0.3) is 0 Å². The Hall–Kier alpha value is -0.940. The van der Waals surface area contributed by atoms with Crippen LogP contribution in [0.25, 0.3) is 0 Å². The Morgan fingerprint density at radius 1 is 1.31 bits per heavy atom. The summed E-state index contributed by atoms with van der Waals surface area (Å²) >= 11 is 0. The van der Waals surface area contributed by atoms with Crippen molar-refractivity contribution in [1.82, 2.24) is 14.8 Å². The summed E-state index contributed by atoms with van der Waals surface area (Å²) in [5.74, 6) is 2.01. The molecule has 0 bridgehead atoms. The zero-order valence-corrected chi connectivity index (χ0v) is 9.43. The molecule has 3 rings (SSSR count). The number of ether oxygens (including phenoxy) is 1. The van der Waals surface area contributed by atoms with Gasteiger partial charge in [0, 0.05) is 19.6 Å². The molecule has 2 N–H and O–H groups in total. The molecular weight excluding hydrogens is 204 g/mol. The molecule has 0 spiro atoms. The molecule has 2 atom stereocenters. The Bertz CT molecular complexity index is 370. The Kier molecular flexibility index (Phi) is 2.65. The highest BCUT2D eigenvalue weighted by atomic mass is 16.5. The smallest absolute Gasteiger partial charge is 0.149 e. The van der Waals surface area contributed by atoms with Gasteiger partial charge in [-0.05, 0) is 25.7 Å². The van der Waals surface area contributed by atoms with E-state index >= 15 is 0 Å². The van der Waals surface area contributed by atoms with E-state index in [1.807, 2.05) is 0 Å². The lowest BCUT2D eigenvalue weighted by molar-refractivity contribution is 0.109. The van der Waals surface area contributed by atoms with Crippen molar-refractivity contribution in [3.05, 3.63) is 11.6 Å². The summed E-state index contributed by atoms with van der Waals surface area (Å²) in [6.07, 6.45) is 5.70. The molecular formula is C11H18N4O. The van der Waals surface area contributed by atoms with Gasteiger partial charge in [-0.1, -0.05) is 0 Å². The molecule has 5 nitrogen and oxygen atoms in total. The van der Waals surface area contributed by atoms with Crippen molar-refractivity contribution in [3.8, 4) is 0 Å². The average Bonchev–Trinajstić information content (AvgIpc) is 2.90. The lowest BCUT2D eigenvalue weighted by atomic mass is 10.1. The van der Waals surface area contributed by atoms with Gasteiger partial charge in [-0.25, -0.2) is 0 Å². The van der Waals surface area contributed by atoms with Gasteiger partial charge in [0.05, 0.1) is 12.1 Å². The van der Waals surface area contributed by atoms with Crippen LogP contribution in [0.5, 0.6) is 0 Å². The number of aromatic nitrogens is 3. The molecule has 0 radical (unpaired) electrons. The lowest BCUT2D eigenvalue weighted by Crippen LogP contribution is -2.24. The molecule has 2 unspecified atom stereocenters. The van der Waals surface area contributed by atoms with Gasteiger partial charge in [-0.3, -0.25) is 0 Å². The van der Waals surface area contributed by atoms with E-state index in [2.05, 4.69) is 14.8 Å². The molecule has 0 saturated carbocycles. The summed E-state index contributed by atoms with van der Waals surface area (Å²) in [4.78, 5) is 0. The topological polar surface area (TPSA) is 66.0 Å². The van der Waals surface area contributed by atoms with Crippen LogP contribution in [-0.4, -0.2) is 27.5 Å². The minimum Gasteiger partial charge on any atom is -0.378 e. The van der Waals surface area contributed by atoms with Gasteiger partial charge in [0.2, 0.25) is 0 Å². The van der Waals surface area contributed by atoms with Gasteiger partial charge in [-0.15, -0.1) is 10.2 Å². The van der Waals surface area contributed by atoms with Gasteiger partial charge >= 0.3 is 0 Å². The van der Waals surface area contributed by atoms with Crippen LogP contribution in [0.4, 0.5) is 0 Å². The van der Waals surface area contributed by atoms with Gasteiger partial charge in [-0.2, -0.15) is 0 Å². The third-order valence-corrected chi connectivity index (χ3v) is 3.52. The van der Waals surface area contributed by atoms with Crippen molar-refractivity contribution in [1.29, 1.82) is 0 Å². The van der Waals surface area contributed by atoms with E-state index in [-0.39, 0.29) is 6.04 Å². The highest BCUT2D eigenvalue weighted by Crippen LogP contribution is 2.24. The van der Waals surface area contributed by atoms with Crippen LogP contribution in [0.2, 0.25) is 0 Å². The summed E-state index contributed by atoms with van der Waals surface area (Å²) in [5, 5.41) is 8.48. The number of fused-ring (bicyclic) bond motifs is 1. The predicted octanol–water partition coefficient (Wildman–Crippen LogP) is 0.793. The van der Waals surface area contributed by atoms with Crippen molar-refractivity contribution in [2.75, 3.05) is 6.61 Å². The minimum absolute atomic E-state index is 0.0690. The predicted molar refractivity (Wildman–Crippen MR) is 58.9 cm³/mol. The fourth-order valence-corrected chi connectivity index (χ4v) is 2.63. The van der Waals surface area contributed by atoms with Crippen molar-refractivity contribution in [2.45, 2.75) is 50.8 Å². The van der Waals surface area contributed by atoms with Crippen molar-refractivity contribution >= 4 is 0 Å². The van der Waals surface area contributed by atoms with Crippen LogP contribution in [0.1, 0.15) is 43.4 Å².